The molecule has 0 saturated heterocycles. The maximum Gasteiger partial charge on any atom is 0.291 e. The summed E-state index contributed by atoms with van der Waals surface area (Å²) in [7, 11) is 1.61. The van der Waals surface area contributed by atoms with Gasteiger partial charge in [-0.15, -0.1) is 0 Å². The van der Waals surface area contributed by atoms with Crippen LogP contribution in [-0.4, -0.2) is 13.0 Å². The van der Waals surface area contributed by atoms with E-state index in [0.717, 1.165) is 28.0 Å². The lowest BCUT2D eigenvalue weighted by Gasteiger charge is -2.07. The van der Waals surface area contributed by atoms with Crippen LogP contribution in [0, 0.1) is 13.8 Å². The smallest absolute Gasteiger partial charge is 0.291 e. The van der Waals surface area contributed by atoms with E-state index >= 15 is 0 Å². The Morgan fingerprint density at radius 2 is 1.91 bits per heavy atom. The zero-order valence-electron chi connectivity index (χ0n) is 12.8. The zero-order chi connectivity index (χ0) is 15.7. The topological polar surface area (TPSA) is 51.5 Å². The van der Waals surface area contributed by atoms with Crippen LogP contribution >= 0.6 is 0 Å². The third kappa shape index (κ3) is 2.68. The van der Waals surface area contributed by atoms with Gasteiger partial charge in [0.2, 0.25) is 0 Å². The van der Waals surface area contributed by atoms with Crippen molar-refractivity contribution in [3.8, 4) is 5.75 Å². The molecule has 0 unspecified atom stereocenters. The number of hydrogen-bond acceptors (Lipinski definition) is 3. The average molecular weight is 295 g/mol. The van der Waals surface area contributed by atoms with Crippen molar-refractivity contribution in [2.45, 2.75) is 13.8 Å². The van der Waals surface area contributed by atoms with Gasteiger partial charge in [-0.05, 0) is 49.7 Å². The molecule has 1 heterocycles. The van der Waals surface area contributed by atoms with E-state index in [-0.39, 0.29) is 11.7 Å². The van der Waals surface area contributed by atoms with Crippen LogP contribution in [0.15, 0.2) is 46.9 Å². The van der Waals surface area contributed by atoms with Crippen molar-refractivity contribution < 1.29 is 13.9 Å². The molecule has 0 aliphatic rings. The summed E-state index contributed by atoms with van der Waals surface area (Å²) in [6, 6.07) is 13.0. The second kappa shape index (κ2) is 5.56. The van der Waals surface area contributed by atoms with Crippen LogP contribution in [-0.2, 0) is 0 Å². The summed E-state index contributed by atoms with van der Waals surface area (Å²) in [5.74, 6) is 0.750. The first-order valence-electron chi connectivity index (χ1n) is 7.03. The number of furan rings is 1. The van der Waals surface area contributed by atoms with E-state index in [9.17, 15) is 4.79 Å². The lowest BCUT2D eigenvalue weighted by molar-refractivity contribution is 0.0998. The quantitative estimate of drug-likeness (QED) is 0.783. The summed E-state index contributed by atoms with van der Waals surface area (Å²) in [4.78, 5) is 12.3. The number of ether oxygens (including phenoxy) is 1. The van der Waals surface area contributed by atoms with Gasteiger partial charge in [-0.3, -0.25) is 4.79 Å². The number of aryl methyl sites for hydroxylation is 2. The van der Waals surface area contributed by atoms with Gasteiger partial charge >= 0.3 is 0 Å². The van der Waals surface area contributed by atoms with Gasteiger partial charge in [0.15, 0.2) is 5.76 Å². The van der Waals surface area contributed by atoms with Gasteiger partial charge in [-0.2, -0.15) is 0 Å². The maximum absolute atomic E-state index is 12.3. The SMILES string of the molecule is COc1ccc2oc(C(=O)Nc3ccc(C)cc3C)cc2c1. The minimum Gasteiger partial charge on any atom is -0.497 e. The van der Waals surface area contributed by atoms with Crippen LogP contribution in [0.25, 0.3) is 11.0 Å². The maximum atomic E-state index is 12.3. The van der Waals surface area contributed by atoms with Crippen LogP contribution in [0.5, 0.6) is 5.75 Å². The number of methoxy groups -OCH3 is 1. The summed E-state index contributed by atoms with van der Waals surface area (Å²) >= 11 is 0. The van der Waals surface area contributed by atoms with Gasteiger partial charge in [0, 0.05) is 11.1 Å². The number of amides is 1. The first kappa shape index (κ1) is 14.2. The van der Waals surface area contributed by atoms with Gasteiger partial charge in [0.05, 0.1) is 7.11 Å². The highest BCUT2D eigenvalue weighted by atomic mass is 16.5. The molecule has 0 aliphatic heterocycles. The van der Waals surface area contributed by atoms with E-state index < -0.39 is 0 Å². The Balaban J connectivity index is 1.88. The van der Waals surface area contributed by atoms with Gasteiger partial charge < -0.3 is 14.5 Å². The van der Waals surface area contributed by atoms with Crippen molar-refractivity contribution in [2.75, 3.05) is 12.4 Å². The fraction of sp³-hybridized carbons (Fsp3) is 0.167. The number of carbonyl (C=O) groups excluding carboxylic acids is 1. The van der Waals surface area contributed by atoms with E-state index in [1.807, 2.05) is 38.1 Å². The Labute approximate surface area is 128 Å². The average Bonchev–Trinajstić information content (AvgIpc) is 2.93. The van der Waals surface area contributed by atoms with Gasteiger partial charge in [0.1, 0.15) is 11.3 Å². The van der Waals surface area contributed by atoms with Gasteiger partial charge in [0.25, 0.3) is 5.91 Å². The number of anilines is 1. The molecule has 22 heavy (non-hydrogen) atoms. The fourth-order valence-corrected chi connectivity index (χ4v) is 2.40. The van der Waals surface area contributed by atoms with Crippen molar-refractivity contribution >= 4 is 22.6 Å². The highest BCUT2D eigenvalue weighted by molar-refractivity contribution is 6.05. The van der Waals surface area contributed by atoms with Crippen molar-refractivity contribution in [3.05, 3.63) is 59.4 Å². The molecule has 112 valence electrons. The molecule has 3 rings (SSSR count). The van der Waals surface area contributed by atoms with Gasteiger partial charge in [-0.1, -0.05) is 17.7 Å². The first-order chi connectivity index (χ1) is 10.6. The van der Waals surface area contributed by atoms with Crippen LogP contribution in [0.1, 0.15) is 21.7 Å². The van der Waals surface area contributed by atoms with Crippen LogP contribution in [0.3, 0.4) is 0 Å². The predicted molar refractivity (Wildman–Crippen MR) is 86.6 cm³/mol. The molecule has 0 aliphatic carbocycles. The van der Waals surface area contributed by atoms with Crippen LogP contribution < -0.4 is 10.1 Å². The number of carbonyl (C=O) groups is 1. The van der Waals surface area contributed by atoms with E-state index in [2.05, 4.69) is 5.32 Å². The molecule has 0 atom stereocenters. The molecule has 0 spiro atoms. The van der Waals surface area contributed by atoms with E-state index in [1.54, 1.807) is 25.3 Å². The number of fused-ring (bicyclic) bond motifs is 1. The lowest BCUT2D eigenvalue weighted by Crippen LogP contribution is -2.11. The molecular weight excluding hydrogens is 278 g/mol. The van der Waals surface area contributed by atoms with Crippen molar-refractivity contribution in [1.82, 2.24) is 0 Å². The highest BCUT2D eigenvalue weighted by Gasteiger charge is 2.14. The standard InChI is InChI=1S/C18H17NO3/c1-11-4-6-15(12(2)8-11)19-18(20)17-10-13-9-14(21-3)5-7-16(13)22-17/h4-10H,1-3H3,(H,19,20). The Hall–Kier alpha value is -2.75. The molecule has 0 bridgehead atoms. The minimum absolute atomic E-state index is 0.262. The number of rotatable bonds is 3. The van der Waals surface area contributed by atoms with Crippen molar-refractivity contribution in [2.24, 2.45) is 0 Å². The Morgan fingerprint density at radius 3 is 2.64 bits per heavy atom. The second-order valence-corrected chi connectivity index (χ2v) is 5.29. The largest absolute Gasteiger partial charge is 0.497 e. The third-order valence-electron chi connectivity index (χ3n) is 3.58. The second-order valence-electron chi connectivity index (χ2n) is 5.29. The molecule has 0 fully saturated rings. The van der Waals surface area contributed by atoms with E-state index in [4.69, 9.17) is 9.15 Å². The Bertz CT molecular complexity index is 849. The van der Waals surface area contributed by atoms with Crippen LogP contribution in [0.4, 0.5) is 5.69 Å². The predicted octanol–water partition coefficient (Wildman–Crippen LogP) is 4.31. The summed E-state index contributed by atoms with van der Waals surface area (Å²) < 4.78 is 10.8. The molecule has 4 heteroatoms. The lowest BCUT2D eigenvalue weighted by atomic mass is 10.1. The number of hydrogen-bond donors (Lipinski definition) is 1. The third-order valence-corrected chi connectivity index (χ3v) is 3.58. The fourth-order valence-electron chi connectivity index (χ4n) is 2.40. The van der Waals surface area contributed by atoms with Crippen molar-refractivity contribution in [1.29, 1.82) is 0 Å². The monoisotopic (exact) mass is 295 g/mol. The molecule has 4 nitrogen and oxygen atoms in total. The molecule has 1 N–H and O–H groups in total. The number of benzene rings is 2. The summed E-state index contributed by atoms with van der Waals surface area (Å²) in [5.41, 5.74) is 3.62. The molecule has 1 aromatic heterocycles. The Morgan fingerprint density at radius 1 is 1.09 bits per heavy atom. The molecular formula is C18H17NO3. The summed E-state index contributed by atoms with van der Waals surface area (Å²) in [6.45, 7) is 3.98. The molecule has 1 amide bonds. The summed E-state index contributed by atoms with van der Waals surface area (Å²) in [5, 5.41) is 3.72. The molecule has 0 radical (unpaired) electrons. The normalized spacial score (nSPS) is 10.7. The molecule has 3 aromatic rings. The first-order valence-corrected chi connectivity index (χ1v) is 7.03. The Kier molecular flexibility index (Phi) is 3.59. The zero-order valence-corrected chi connectivity index (χ0v) is 12.8. The van der Waals surface area contributed by atoms with E-state index in [0.29, 0.717) is 5.58 Å². The number of nitrogens with one attached hydrogen (secondary N) is 1. The van der Waals surface area contributed by atoms with Gasteiger partial charge in [-0.25, -0.2) is 0 Å². The minimum atomic E-state index is -0.262. The van der Waals surface area contributed by atoms with Crippen molar-refractivity contribution in [3.63, 3.8) is 0 Å². The van der Waals surface area contributed by atoms with Crippen LogP contribution in [0.2, 0.25) is 0 Å². The molecule has 0 saturated carbocycles. The highest BCUT2D eigenvalue weighted by Crippen LogP contribution is 2.25. The molecule has 2 aromatic carbocycles. The van der Waals surface area contributed by atoms with E-state index in [1.165, 1.54) is 0 Å². The summed E-state index contributed by atoms with van der Waals surface area (Å²) in [6.07, 6.45) is 0.